The summed E-state index contributed by atoms with van der Waals surface area (Å²) in [4.78, 5) is 3.96. The highest BCUT2D eigenvalue weighted by atomic mass is 19.1. The molecule has 3 heterocycles. The minimum absolute atomic E-state index is 0.353. The van der Waals surface area contributed by atoms with Crippen LogP contribution in [0.2, 0.25) is 0 Å². The van der Waals surface area contributed by atoms with E-state index >= 15 is 0 Å². The first-order chi connectivity index (χ1) is 12.4. The molecular weight excluding hydrogens is 327 g/mol. The van der Waals surface area contributed by atoms with Gasteiger partial charge in [0.25, 0.3) is 0 Å². The summed E-state index contributed by atoms with van der Waals surface area (Å²) in [5.74, 6) is -0.0488. The van der Waals surface area contributed by atoms with Crippen LogP contribution in [0.4, 0.5) is 4.39 Å². The first-order valence-corrected chi connectivity index (χ1v) is 8.85. The van der Waals surface area contributed by atoms with Gasteiger partial charge in [-0.15, -0.1) is 0 Å². The van der Waals surface area contributed by atoms with Crippen molar-refractivity contribution in [3.8, 4) is 11.3 Å². The van der Waals surface area contributed by atoms with Crippen molar-refractivity contribution < 1.29 is 13.4 Å². The third-order valence-electron chi connectivity index (χ3n) is 5.07. The van der Waals surface area contributed by atoms with E-state index in [4.69, 9.17) is 4.42 Å². The molecular formula is C22H22FN2O+. The fraction of sp³-hybridized carbons (Fsp3) is 0.273. The summed E-state index contributed by atoms with van der Waals surface area (Å²) in [6.07, 6.45) is 2.16. The number of aromatic nitrogens is 2. The van der Waals surface area contributed by atoms with Gasteiger partial charge in [0.1, 0.15) is 7.05 Å². The molecule has 132 valence electrons. The van der Waals surface area contributed by atoms with Crippen LogP contribution in [-0.2, 0) is 7.05 Å². The molecule has 0 atom stereocenters. The predicted molar refractivity (Wildman–Crippen MR) is 102 cm³/mol. The summed E-state index contributed by atoms with van der Waals surface area (Å²) in [6, 6.07) is 9.87. The molecule has 0 fully saturated rings. The zero-order chi connectivity index (χ0) is 18.6. The van der Waals surface area contributed by atoms with E-state index in [1.807, 2.05) is 20.0 Å². The molecule has 3 aromatic heterocycles. The minimum Gasteiger partial charge on any atom is -0.437 e. The van der Waals surface area contributed by atoms with Gasteiger partial charge in [-0.1, -0.05) is 26.0 Å². The molecule has 0 unspecified atom stereocenters. The van der Waals surface area contributed by atoms with E-state index in [0.29, 0.717) is 11.6 Å². The number of hydrogen-bond donors (Lipinski definition) is 0. The Labute approximate surface area is 152 Å². The monoisotopic (exact) mass is 349 g/mol. The van der Waals surface area contributed by atoms with Crippen LogP contribution in [0.25, 0.3) is 33.3 Å². The maximum absolute atomic E-state index is 13.7. The topological polar surface area (TPSA) is 29.9 Å². The van der Waals surface area contributed by atoms with Gasteiger partial charge in [0.2, 0.25) is 17.4 Å². The lowest BCUT2D eigenvalue weighted by molar-refractivity contribution is -0.660. The van der Waals surface area contributed by atoms with Crippen LogP contribution in [0.5, 0.6) is 0 Å². The molecule has 1 aromatic carbocycles. The summed E-state index contributed by atoms with van der Waals surface area (Å²) in [7, 11) is 2.05. The summed E-state index contributed by atoms with van der Waals surface area (Å²) in [5.41, 5.74) is 6.43. The molecule has 0 bridgehead atoms. The molecule has 4 aromatic rings. The van der Waals surface area contributed by atoms with Crippen LogP contribution in [0, 0.1) is 19.8 Å². The highest BCUT2D eigenvalue weighted by Crippen LogP contribution is 2.37. The summed E-state index contributed by atoms with van der Waals surface area (Å²) in [5, 5.41) is 1.85. The largest absolute Gasteiger partial charge is 0.437 e. The van der Waals surface area contributed by atoms with Crippen molar-refractivity contribution in [2.45, 2.75) is 33.6 Å². The van der Waals surface area contributed by atoms with Crippen LogP contribution in [0.3, 0.4) is 0 Å². The van der Waals surface area contributed by atoms with E-state index in [1.54, 1.807) is 0 Å². The van der Waals surface area contributed by atoms with Gasteiger partial charge in [-0.05, 0) is 43.0 Å². The fourth-order valence-electron chi connectivity index (χ4n) is 3.64. The average molecular weight is 349 g/mol. The first-order valence-electron chi connectivity index (χ1n) is 8.85. The van der Waals surface area contributed by atoms with Crippen molar-refractivity contribution in [2.24, 2.45) is 7.05 Å². The second kappa shape index (κ2) is 5.90. The SMILES string of the molecule is Cc1ccc2c(oc3nc(F)cc(C)c32)c1-c1ccc(C(C)C)c[n+]1C. The highest BCUT2D eigenvalue weighted by Gasteiger charge is 2.22. The number of halogens is 1. The molecule has 0 aliphatic rings. The maximum Gasteiger partial charge on any atom is 0.230 e. The van der Waals surface area contributed by atoms with Crippen LogP contribution >= 0.6 is 0 Å². The molecule has 0 N–H and O–H groups in total. The molecule has 0 radical (unpaired) electrons. The Bertz CT molecular complexity index is 1160. The number of hydrogen-bond acceptors (Lipinski definition) is 2. The smallest absolute Gasteiger partial charge is 0.230 e. The van der Waals surface area contributed by atoms with E-state index in [2.05, 4.69) is 54.7 Å². The summed E-state index contributed by atoms with van der Waals surface area (Å²) >= 11 is 0. The van der Waals surface area contributed by atoms with Crippen molar-refractivity contribution in [3.05, 3.63) is 59.2 Å². The van der Waals surface area contributed by atoms with E-state index < -0.39 is 5.95 Å². The number of fused-ring (bicyclic) bond motifs is 3. The Balaban J connectivity index is 2.07. The molecule has 4 heteroatoms. The lowest BCUT2D eigenvalue weighted by atomic mass is 9.98. The number of benzene rings is 1. The van der Waals surface area contributed by atoms with E-state index in [0.717, 1.165) is 38.7 Å². The first kappa shape index (κ1) is 16.7. The number of rotatable bonds is 2. The van der Waals surface area contributed by atoms with Crippen LogP contribution < -0.4 is 4.57 Å². The molecule has 0 amide bonds. The maximum atomic E-state index is 13.7. The Hall–Kier alpha value is -2.75. The Morgan fingerprint density at radius 1 is 1.08 bits per heavy atom. The summed E-state index contributed by atoms with van der Waals surface area (Å²) in [6.45, 7) is 8.32. The zero-order valence-electron chi connectivity index (χ0n) is 15.7. The molecule has 26 heavy (non-hydrogen) atoms. The van der Waals surface area contributed by atoms with Crippen molar-refractivity contribution in [3.63, 3.8) is 0 Å². The van der Waals surface area contributed by atoms with Crippen molar-refractivity contribution in [2.75, 3.05) is 0 Å². The lowest BCUT2D eigenvalue weighted by Crippen LogP contribution is -2.31. The highest BCUT2D eigenvalue weighted by molar-refractivity contribution is 6.10. The fourth-order valence-corrected chi connectivity index (χ4v) is 3.64. The van der Waals surface area contributed by atoms with Crippen molar-refractivity contribution >= 4 is 22.1 Å². The quantitative estimate of drug-likeness (QED) is 0.360. The molecule has 3 nitrogen and oxygen atoms in total. The van der Waals surface area contributed by atoms with Crippen LogP contribution in [0.1, 0.15) is 36.5 Å². The third kappa shape index (κ3) is 2.48. The number of pyridine rings is 2. The van der Waals surface area contributed by atoms with Gasteiger partial charge in [0.15, 0.2) is 11.8 Å². The molecule has 0 saturated heterocycles. The normalized spacial score (nSPS) is 11.8. The van der Waals surface area contributed by atoms with E-state index in [9.17, 15) is 4.39 Å². The average Bonchev–Trinajstić information content (AvgIpc) is 2.93. The van der Waals surface area contributed by atoms with E-state index in [-0.39, 0.29) is 0 Å². The second-order valence-electron chi connectivity index (χ2n) is 7.29. The summed E-state index contributed by atoms with van der Waals surface area (Å²) < 4.78 is 21.9. The molecule has 0 spiro atoms. The van der Waals surface area contributed by atoms with Gasteiger partial charge in [-0.25, -0.2) is 4.57 Å². The van der Waals surface area contributed by atoms with Gasteiger partial charge < -0.3 is 4.42 Å². The second-order valence-corrected chi connectivity index (χ2v) is 7.29. The zero-order valence-corrected chi connectivity index (χ0v) is 15.7. The number of furan rings is 1. The molecule has 0 saturated carbocycles. The van der Waals surface area contributed by atoms with Gasteiger partial charge in [-0.2, -0.15) is 9.37 Å². The van der Waals surface area contributed by atoms with Gasteiger partial charge in [0.05, 0.1) is 10.9 Å². The minimum atomic E-state index is -0.515. The molecule has 0 aliphatic carbocycles. The predicted octanol–water partition coefficient (Wildman–Crippen LogP) is 5.35. The number of aryl methyl sites for hydroxylation is 3. The molecule has 0 aliphatic heterocycles. The van der Waals surface area contributed by atoms with Crippen molar-refractivity contribution in [1.82, 2.24) is 4.98 Å². The van der Waals surface area contributed by atoms with Gasteiger partial charge >= 0.3 is 0 Å². The van der Waals surface area contributed by atoms with E-state index in [1.165, 1.54) is 11.6 Å². The third-order valence-corrected chi connectivity index (χ3v) is 5.07. The van der Waals surface area contributed by atoms with Gasteiger partial charge in [-0.3, -0.25) is 0 Å². The Morgan fingerprint density at radius 2 is 1.85 bits per heavy atom. The Morgan fingerprint density at radius 3 is 2.54 bits per heavy atom. The standard InChI is InChI=1S/C22H22FN2O/c1-12(2)15-7-9-17(25(5)11-15)20-13(3)6-8-16-19-14(4)10-18(23)24-22(19)26-21(16)20/h6-12H,1-5H3/q+1. The van der Waals surface area contributed by atoms with Crippen molar-refractivity contribution in [1.29, 1.82) is 0 Å². The van der Waals surface area contributed by atoms with Gasteiger partial charge in [0, 0.05) is 17.0 Å². The van der Waals surface area contributed by atoms with Crippen LogP contribution in [0.15, 0.2) is 40.9 Å². The lowest BCUT2D eigenvalue weighted by Gasteiger charge is -2.08. The molecule has 4 rings (SSSR count). The Kier molecular flexibility index (Phi) is 3.79. The number of nitrogens with zero attached hydrogens (tertiary/aromatic N) is 2. The van der Waals surface area contributed by atoms with Crippen LogP contribution in [-0.4, -0.2) is 4.98 Å².